The predicted octanol–water partition coefficient (Wildman–Crippen LogP) is 2.51. The first-order valence-corrected chi connectivity index (χ1v) is 8.29. The third-order valence-corrected chi connectivity index (χ3v) is 5.21. The summed E-state index contributed by atoms with van der Waals surface area (Å²) in [6, 6.07) is 14.7. The maximum Gasteiger partial charge on any atom is 0.332 e. The van der Waals surface area contributed by atoms with Gasteiger partial charge in [-0.05, 0) is 12.1 Å². The van der Waals surface area contributed by atoms with E-state index in [9.17, 15) is 19.8 Å². The first kappa shape index (κ1) is 16.4. The lowest BCUT2D eigenvalue weighted by molar-refractivity contribution is -0.135. The topological polar surface area (TPSA) is 95.9 Å². The van der Waals surface area contributed by atoms with Crippen LogP contribution in [0.2, 0.25) is 0 Å². The Morgan fingerprint density at radius 1 is 1.08 bits per heavy atom. The molecular weight excluding hydrogens is 334 g/mol. The van der Waals surface area contributed by atoms with Gasteiger partial charge in [0.2, 0.25) is 0 Å². The molecule has 0 saturated carbocycles. The van der Waals surface area contributed by atoms with Crippen LogP contribution < -0.4 is 10.1 Å². The van der Waals surface area contributed by atoms with E-state index < -0.39 is 17.4 Å². The van der Waals surface area contributed by atoms with Gasteiger partial charge in [0.1, 0.15) is 11.5 Å². The van der Waals surface area contributed by atoms with Crippen molar-refractivity contribution in [2.45, 2.75) is 11.3 Å². The van der Waals surface area contributed by atoms with E-state index in [1.54, 1.807) is 6.07 Å². The highest BCUT2D eigenvalue weighted by Gasteiger charge is 2.53. The minimum atomic E-state index is -1.28. The average molecular weight is 351 g/mol. The van der Waals surface area contributed by atoms with Crippen LogP contribution >= 0.6 is 0 Å². The van der Waals surface area contributed by atoms with Crippen molar-refractivity contribution >= 4 is 11.9 Å². The number of hydrogen-bond acceptors (Lipinski definition) is 4. The number of carbonyl (C=O) groups is 2. The zero-order chi connectivity index (χ0) is 18.3. The van der Waals surface area contributed by atoms with Gasteiger partial charge in [0.05, 0.1) is 11.0 Å². The number of carboxylic acids is 2. The van der Waals surface area contributed by atoms with E-state index in [2.05, 4.69) is 5.32 Å². The lowest BCUT2D eigenvalue weighted by Crippen LogP contribution is -2.39. The van der Waals surface area contributed by atoms with E-state index in [1.165, 1.54) is 0 Å². The third kappa shape index (κ3) is 2.30. The van der Waals surface area contributed by atoms with Crippen molar-refractivity contribution < 1.29 is 24.5 Å². The lowest BCUT2D eigenvalue weighted by atomic mass is 9.65. The Labute approximate surface area is 149 Å². The van der Waals surface area contributed by atoms with Crippen molar-refractivity contribution in [1.29, 1.82) is 0 Å². The van der Waals surface area contributed by atoms with Crippen LogP contribution in [0, 0.1) is 0 Å². The minimum absolute atomic E-state index is 0.146. The number of rotatable bonds is 3. The predicted molar refractivity (Wildman–Crippen MR) is 93.6 cm³/mol. The number of ether oxygens (including phenoxy) is 1. The number of fused-ring (bicyclic) bond motifs is 5. The van der Waals surface area contributed by atoms with Crippen LogP contribution in [0.25, 0.3) is 0 Å². The smallest absolute Gasteiger partial charge is 0.332 e. The van der Waals surface area contributed by atoms with Crippen LogP contribution in [0.15, 0.2) is 60.2 Å². The summed E-state index contributed by atoms with van der Waals surface area (Å²) in [6.07, 6.45) is 0.813. The van der Waals surface area contributed by atoms with Gasteiger partial charge in [-0.3, -0.25) is 0 Å². The number of benzene rings is 2. The fourth-order valence-electron chi connectivity index (χ4n) is 4.21. The summed E-state index contributed by atoms with van der Waals surface area (Å²) in [5.41, 5.74) is 0.369. The third-order valence-electron chi connectivity index (χ3n) is 5.21. The Hall–Kier alpha value is -3.12. The molecule has 2 unspecified atom stereocenters. The minimum Gasteiger partial charge on any atom is -0.478 e. The normalized spacial score (nSPS) is 23.8. The van der Waals surface area contributed by atoms with Gasteiger partial charge in [-0.2, -0.15) is 0 Å². The molecular formula is C20H17NO5. The molecule has 132 valence electrons. The standard InChI is InChI=1S/C20H17NO5/c22-18(23)9-14(19(24)25)20-11-21-10-15(20)12-5-1-3-7-16(12)26-17-8-4-2-6-13(17)20/h1-9,15,21H,10-11H2,(H,22,23)(H,24,25)/b14-9-. The summed E-state index contributed by atoms with van der Waals surface area (Å²) in [5.74, 6) is -1.57. The van der Waals surface area contributed by atoms with Gasteiger partial charge in [0.15, 0.2) is 0 Å². The molecule has 3 N–H and O–H groups in total. The van der Waals surface area contributed by atoms with Crippen molar-refractivity contribution in [3.05, 3.63) is 71.3 Å². The van der Waals surface area contributed by atoms with Gasteiger partial charge >= 0.3 is 11.9 Å². The second kappa shape index (κ2) is 6.00. The Bertz CT molecular complexity index is 935. The Morgan fingerprint density at radius 3 is 2.50 bits per heavy atom. The van der Waals surface area contributed by atoms with Crippen LogP contribution in [0.3, 0.4) is 0 Å². The second-order valence-electron chi connectivity index (χ2n) is 6.49. The Morgan fingerprint density at radius 2 is 1.77 bits per heavy atom. The Balaban J connectivity index is 2.08. The van der Waals surface area contributed by atoms with Crippen LogP contribution in [0.4, 0.5) is 0 Å². The quantitative estimate of drug-likeness (QED) is 0.736. The molecule has 2 aliphatic rings. The van der Waals surface area contributed by atoms with E-state index in [0.717, 1.165) is 11.6 Å². The molecule has 2 aliphatic heterocycles. The highest BCUT2D eigenvalue weighted by Crippen LogP contribution is 2.54. The molecule has 6 nitrogen and oxygen atoms in total. The first-order chi connectivity index (χ1) is 12.5. The van der Waals surface area contributed by atoms with E-state index in [1.807, 2.05) is 42.5 Å². The molecule has 2 atom stereocenters. The summed E-state index contributed by atoms with van der Waals surface area (Å²) in [4.78, 5) is 23.5. The number of hydrogen-bond donors (Lipinski definition) is 3. The molecule has 4 rings (SSSR count). The molecule has 0 radical (unpaired) electrons. The van der Waals surface area contributed by atoms with Gasteiger partial charge in [-0.1, -0.05) is 36.4 Å². The van der Waals surface area contributed by atoms with E-state index in [0.29, 0.717) is 30.2 Å². The van der Waals surface area contributed by atoms with Crippen LogP contribution in [-0.4, -0.2) is 35.2 Å². The molecule has 0 amide bonds. The summed E-state index contributed by atoms with van der Waals surface area (Å²) in [5, 5.41) is 22.5. The maximum absolute atomic E-state index is 12.1. The van der Waals surface area contributed by atoms with E-state index in [-0.39, 0.29) is 11.5 Å². The largest absolute Gasteiger partial charge is 0.478 e. The molecule has 1 saturated heterocycles. The molecule has 0 aliphatic carbocycles. The van der Waals surface area contributed by atoms with Crippen LogP contribution in [0.5, 0.6) is 11.5 Å². The summed E-state index contributed by atoms with van der Waals surface area (Å²) in [7, 11) is 0. The van der Waals surface area contributed by atoms with Crippen LogP contribution in [0.1, 0.15) is 17.0 Å². The Kier molecular flexibility index (Phi) is 3.77. The van der Waals surface area contributed by atoms with E-state index in [4.69, 9.17) is 4.74 Å². The maximum atomic E-state index is 12.1. The molecule has 2 aromatic carbocycles. The van der Waals surface area contributed by atoms with Crippen molar-refractivity contribution in [1.82, 2.24) is 5.32 Å². The fourth-order valence-corrected chi connectivity index (χ4v) is 4.21. The van der Waals surface area contributed by atoms with Gasteiger partial charge in [0.25, 0.3) is 0 Å². The lowest BCUT2D eigenvalue weighted by Gasteiger charge is -2.35. The van der Waals surface area contributed by atoms with Gasteiger partial charge in [-0.15, -0.1) is 0 Å². The molecule has 2 aromatic rings. The van der Waals surface area contributed by atoms with Gasteiger partial charge < -0.3 is 20.3 Å². The molecule has 0 bridgehead atoms. The zero-order valence-electron chi connectivity index (χ0n) is 13.8. The highest BCUT2D eigenvalue weighted by atomic mass is 16.5. The zero-order valence-corrected chi connectivity index (χ0v) is 13.8. The van der Waals surface area contributed by atoms with Gasteiger partial charge in [-0.25, -0.2) is 9.59 Å². The summed E-state index contributed by atoms with van der Waals surface area (Å²) in [6.45, 7) is 0.844. The molecule has 2 heterocycles. The number of nitrogens with one attached hydrogen (secondary N) is 1. The average Bonchev–Trinajstić information content (AvgIpc) is 3.01. The summed E-state index contributed by atoms with van der Waals surface area (Å²) < 4.78 is 6.10. The van der Waals surface area contributed by atoms with Crippen molar-refractivity contribution in [2.75, 3.05) is 13.1 Å². The molecule has 0 spiro atoms. The number of para-hydroxylation sites is 2. The second-order valence-corrected chi connectivity index (χ2v) is 6.49. The SMILES string of the molecule is O=C(O)/C=C(/C(=O)O)C12CNCC1c1ccccc1Oc1ccccc12. The molecule has 6 heteroatoms. The van der Waals surface area contributed by atoms with Crippen molar-refractivity contribution in [3.63, 3.8) is 0 Å². The number of carboxylic acid groups (broad SMARTS) is 2. The van der Waals surface area contributed by atoms with Crippen LogP contribution in [-0.2, 0) is 15.0 Å². The van der Waals surface area contributed by atoms with E-state index >= 15 is 0 Å². The van der Waals surface area contributed by atoms with Gasteiger partial charge in [0, 0.05) is 36.2 Å². The van der Waals surface area contributed by atoms with Crippen molar-refractivity contribution in [2.24, 2.45) is 0 Å². The molecule has 1 fully saturated rings. The highest BCUT2D eigenvalue weighted by molar-refractivity contribution is 5.98. The van der Waals surface area contributed by atoms with Crippen molar-refractivity contribution in [3.8, 4) is 11.5 Å². The monoisotopic (exact) mass is 351 g/mol. The fraction of sp³-hybridized carbons (Fsp3) is 0.200. The number of aliphatic carboxylic acids is 2. The molecule has 0 aromatic heterocycles. The first-order valence-electron chi connectivity index (χ1n) is 8.29. The summed E-state index contributed by atoms with van der Waals surface area (Å²) >= 11 is 0. The molecule has 26 heavy (non-hydrogen) atoms.